The fraction of sp³-hybridized carbons (Fsp3) is 0.375. The molecule has 0 aliphatic carbocycles. The Bertz CT molecular complexity index is 544. The standard InChI is InChI=1S/C16H19NO/c1-18-14-11-13-7-3-4-8-15(13)16(12-14)17-9-5-2-6-10-17/h3-4,7-8,11-12H,2,5-6,9-10H2,1H3. The fourth-order valence-corrected chi connectivity index (χ4v) is 2.78. The first kappa shape index (κ1) is 11.4. The van der Waals surface area contributed by atoms with Gasteiger partial charge in [-0.1, -0.05) is 24.3 Å². The number of ether oxygens (including phenoxy) is 1. The van der Waals surface area contributed by atoms with Crippen LogP contribution in [0.5, 0.6) is 5.75 Å². The van der Waals surface area contributed by atoms with Crippen molar-refractivity contribution in [1.29, 1.82) is 0 Å². The van der Waals surface area contributed by atoms with Crippen LogP contribution >= 0.6 is 0 Å². The molecule has 2 aromatic carbocycles. The first-order valence-electron chi connectivity index (χ1n) is 6.70. The summed E-state index contributed by atoms with van der Waals surface area (Å²) < 4.78 is 5.43. The highest BCUT2D eigenvalue weighted by Gasteiger charge is 2.14. The van der Waals surface area contributed by atoms with Crippen LogP contribution < -0.4 is 9.64 Å². The smallest absolute Gasteiger partial charge is 0.121 e. The third-order valence-corrected chi connectivity index (χ3v) is 3.75. The molecule has 1 heterocycles. The first-order valence-corrected chi connectivity index (χ1v) is 6.70. The topological polar surface area (TPSA) is 12.5 Å². The average Bonchev–Trinajstić information content (AvgIpc) is 2.47. The van der Waals surface area contributed by atoms with Crippen molar-refractivity contribution < 1.29 is 4.74 Å². The van der Waals surface area contributed by atoms with E-state index in [2.05, 4.69) is 41.3 Å². The maximum absolute atomic E-state index is 5.43. The number of anilines is 1. The number of nitrogens with zero attached hydrogens (tertiary/aromatic N) is 1. The van der Waals surface area contributed by atoms with Crippen LogP contribution in [0.2, 0.25) is 0 Å². The number of methoxy groups -OCH3 is 1. The minimum absolute atomic E-state index is 0.953. The van der Waals surface area contributed by atoms with Gasteiger partial charge in [0.05, 0.1) is 7.11 Å². The van der Waals surface area contributed by atoms with Crippen LogP contribution in [0.4, 0.5) is 5.69 Å². The van der Waals surface area contributed by atoms with Crippen molar-refractivity contribution in [3.05, 3.63) is 36.4 Å². The molecule has 0 spiro atoms. The molecule has 2 nitrogen and oxygen atoms in total. The lowest BCUT2D eigenvalue weighted by atomic mass is 10.0. The van der Waals surface area contributed by atoms with Gasteiger partial charge in [-0.25, -0.2) is 0 Å². The second kappa shape index (κ2) is 4.89. The van der Waals surface area contributed by atoms with Gasteiger partial charge in [-0.05, 0) is 30.7 Å². The van der Waals surface area contributed by atoms with Crippen molar-refractivity contribution in [2.45, 2.75) is 19.3 Å². The summed E-state index contributed by atoms with van der Waals surface area (Å²) in [6.07, 6.45) is 3.95. The van der Waals surface area contributed by atoms with Crippen molar-refractivity contribution in [1.82, 2.24) is 0 Å². The highest BCUT2D eigenvalue weighted by Crippen LogP contribution is 2.33. The Morgan fingerprint density at radius 3 is 2.56 bits per heavy atom. The Hall–Kier alpha value is -1.70. The lowest BCUT2D eigenvalue weighted by Crippen LogP contribution is -2.29. The Labute approximate surface area is 108 Å². The molecule has 1 aliphatic rings. The second-order valence-corrected chi connectivity index (χ2v) is 4.92. The quantitative estimate of drug-likeness (QED) is 0.792. The van der Waals surface area contributed by atoms with Crippen LogP contribution in [0.15, 0.2) is 36.4 Å². The summed E-state index contributed by atoms with van der Waals surface area (Å²) in [6, 6.07) is 12.9. The second-order valence-electron chi connectivity index (χ2n) is 4.92. The molecule has 0 bridgehead atoms. The summed E-state index contributed by atoms with van der Waals surface area (Å²) in [6.45, 7) is 2.33. The van der Waals surface area contributed by atoms with Gasteiger partial charge in [0, 0.05) is 30.2 Å². The number of piperidine rings is 1. The summed E-state index contributed by atoms with van der Waals surface area (Å²) in [5.74, 6) is 0.953. The summed E-state index contributed by atoms with van der Waals surface area (Å²) >= 11 is 0. The van der Waals surface area contributed by atoms with Crippen molar-refractivity contribution in [2.24, 2.45) is 0 Å². The van der Waals surface area contributed by atoms with E-state index in [0.717, 1.165) is 18.8 Å². The summed E-state index contributed by atoms with van der Waals surface area (Å²) in [7, 11) is 1.74. The molecule has 18 heavy (non-hydrogen) atoms. The van der Waals surface area contributed by atoms with Gasteiger partial charge < -0.3 is 9.64 Å². The van der Waals surface area contributed by atoms with Crippen LogP contribution in [0.1, 0.15) is 19.3 Å². The molecular formula is C16H19NO. The predicted molar refractivity (Wildman–Crippen MR) is 76.6 cm³/mol. The molecule has 2 aromatic rings. The molecule has 1 aliphatic heterocycles. The van der Waals surface area contributed by atoms with Gasteiger partial charge in [0.1, 0.15) is 5.75 Å². The third kappa shape index (κ3) is 2.03. The Morgan fingerprint density at radius 1 is 1.00 bits per heavy atom. The van der Waals surface area contributed by atoms with E-state index in [0.29, 0.717) is 0 Å². The van der Waals surface area contributed by atoms with Gasteiger partial charge >= 0.3 is 0 Å². The normalized spacial score (nSPS) is 15.9. The highest BCUT2D eigenvalue weighted by atomic mass is 16.5. The van der Waals surface area contributed by atoms with Gasteiger partial charge in [-0.3, -0.25) is 0 Å². The fourth-order valence-electron chi connectivity index (χ4n) is 2.78. The van der Waals surface area contributed by atoms with Crippen molar-refractivity contribution >= 4 is 16.5 Å². The molecule has 94 valence electrons. The molecule has 0 radical (unpaired) electrons. The monoisotopic (exact) mass is 241 g/mol. The lowest BCUT2D eigenvalue weighted by molar-refractivity contribution is 0.415. The van der Waals surface area contributed by atoms with Gasteiger partial charge in [0.15, 0.2) is 0 Å². The molecule has 0 N–H and O–H groups in total. The van der Waals surface area contributed by atoms with Crippen molar-refractivity contribution in [2.75, 3.05) is 25.1 Å². The van der Waals surface area contributed by atoms with E-state index in [9.17, 15) is 0 Å². The molecule has 1 saturated heterocycles. The molecule has 0 aromatic heterocycles. The van der Waals surface area contributed by atoms with E-state index in [1.54, 1.807) is 7.11 Å². The zero-order chi connectivity index (χ0) is 12.4. The van der Waals surface area contributed by atoms with Crippen LogP contribution in [-0.4, -0.2) is 20.2 Å². The highest BCUT2D eigenvalue weighted by molar-refractivity contribution is 5.95. The Morgan fingerprint density at radius 2 is 1.78 bits per heavy atom. The SMILES string of the molecule is COc1cc(N2CCCCC2)c2ccccc2c1. The number of fused-ring (bicyclic) bond motifs is 1. The summed E-state index contributed by atoms with van der Waals surface area (Å²) in [5, 5.41) is 2.60. The Kier molecular flexibility index (Phi) is 3.09. The van der Waals surface area contributed by atoms with Crippen molar-refractivity contribution in [3.63, 3.8) is 0 Å². The summed E-state index contributed by atoms with van der Waals surface area (Å²) in [5.41, 5.74) is 1.32. The number of hydrogen-bond donors (Lipinski definition) is 0. The van der Waals surface area contributed by atoms with Crippen LogP contribution in [-0.2, 0) is 0 Å². The molecule has 0 saturated carbocycles. The van der Waals surface area contributed by atoms with Crippen LogP contribution in [0.3, 0.4) is 0 Å². The molecule has 0 amide bonds. The zero-order valence-electron chi connectivity index (χ0n) is 10.9. The maximum Gasteiger partial charge on any atom is 0.121 e. The zero-order valence-corrected chi connectivity index (χ0v) is 10.9. The van der Waals surface area contributed by atoms with E-state index < -0.39 is 0 Å². The molecule has 0 unspecified atom stereocenters. The van der Waals surface area contributed by atoms with E-state index in [1.165, 1.54) is 35.7 Å². The van der Waals surface area contributed by atoms with E-state index in [1.807, 2.05) is 0 Å². The molecule has 0 atom stereocenters. The van der Waals surface area contributed by atoms with E-state index in [4.69, 9.17) is 4.74 Å². The van der Waals surface area contributed by atoms with Crippen molar-refractivity contribution in [3.8, 4) is 5.75 Å². The summed E-state index contributed by atoms with van der Waals surface area (Å²) in [4.78, 5) is 2.49. The van der Waals surface area contributed by atoms with Gasteiger partial charge in [0.25, 0.3) is 0 Å². The van der Waals surface area contributed by atoms with Crippen LogP contribution in [0, 0.1) is 0 Å². The van der Waals surface area contributed by atoms with Gasteiger partial charge in [-0.15, -0.1) is 0 Å². The average molecular weight is 241 g/mol. The number of rotatable bonds is 2. The van der Waals surface area contributed by atoms with Gasteiger partial charge in [-0.2, -0.15) is 0 Å². The predicted octanol–water partition coefficient (Wildman–Crippen LogP) is 3.84. The molecule has 2 heteroatoms. The molecule has 3 rings (SSSR count). The minimum Gasteiger partial charge on any atom is -0.497 e. The minimum atomic E-state index is 0.953. The Balaban J connectivity index is 2.12. The number of hydrogen-bond acceptors (Lipinski definition) is 2. The van der Waals surface area contributed by atoms with E-state index >= 15 is 0 Å². The molecule has 1 fully saturated rings. The third-order valence-electron chi connectivity index (χ3n) is 3.75. The van der Waals surface area contributed by atoms with E-state index in [-0.39, 0.29) is 0 Å². The number of benzene rings is 2. The largest absolute Gasteiger partial charge is 0.497 e. The first-order chi connectivity index (χ1) is 8.88. The maximum atomic E-state index is 5.43. The van der Waals surface area contributed by atoms with Crippen LogP contribution in [0.25, 0.3) is 10.8 Å². The molecular weight excluding hydrogens is 222 g/mol. The lowest BCUT2D eigenvalue weighted by Gasteiger charge is -2.30. The van der Waals surface area contributed by atoms with Gasteiger partial charge in [0.2, 0.25) is 0 Å².